The summed E-state index contributed by atoms with van der Waals surface area (Å²) in [7, 11) is 3.36. The number of ether oxygens (including phenoxy) is 2. The van der Waals surface area contributed by atoms with Crippen LogP contribution in [0.25, 0.3) is 44.2 Å². The van der Waals surface area contributed by atoms with Crippen molar-refractivity contribution in [2.24, 2.45) is 0 Å². The summed E-state index contributed by atoms with van der Waals surface area (Å²) in [6, 6.07) is 16.2. The smallest absolute Gasteiger partial charge is 0.119 e. The number of fused-ring (bicyclic) bond motifs is 2. The van der Waals surface area contributed by atoms with Gasteiger partial charge < -0.3 is 19.4 Å². The van der Waals surface area contributed by atoms with Crippen LogP contribution < -0.4 is 9.47 Å². The molecule has 0 fully saturated rings. The number of aromatic amines is 2. The van der Waals surface area contributed by atoms with E-state index >= 15 is 0 Å². The van der Waals surface area contributed by atoms with Crippen LogP contribution in [0, 0.1) is 0 Å². The summed E-state index contributed by atoms with van der Waals surface area (Å²) in [5, 5.41) is 2.21. The molecule has 0 aliphatic heterocycles. The minimum absolute atomic E-state index is 0.831. The highest BCUT2D eigenvalue weighted by Gasteiger charge is 2.11. The molecule has 0 atom stereocenters. The van der Waals surface area contributed by atoms with E-state index in [9.17, 15) is 0 Å². The summed E-state index contributed by atoms with van der Waals surface area (Å²) >= 11 is 0. The quantitative estimate of drug-likeness (QED) is 0.446. The van der Waals surface area contributed by atoms with Crippen molar-refractivity contribution in [3.8, 4) is 33.9 Å². The highest BCUT2D eigenvalue weighted by molar-refractivity contribution is 5.98. The second-order valence-electron chi connectivity index (χ2n) is 6.66. The fraction of sp³-hybridized carbons (Fsp3) is 0.0870. The largest absolute Gasteiger partial charge is 0.497 e. The predicted molar refractivity (Wildman–Crippen MR) is 112 cm³/mol. The fourth-order valence-electron chi connectivity index (χ4n) is 3.62. The Morgan fingerprint density at radius 3 is 1.89 bits per heavy atom. The molecular formula is C23H19N3O2. The van der Waals surface area contributed by atoms with Gasteiger partial charge in [-0.05, 0) is 42.5 Å². The van der Waals surface area contributed by atoms with Crippen LogP contribution in [-0.4, -0.2) is 29.2 Å². The fourth-order valence-corrected chi connectivity index (χ4v) is 3.62. The highest BCUT2D eigenvalue weighted by Crippen LogP contribution is 2.34. The molecule has 0 spiro atoms. The SMILES string of the molecule is COc1ccc2[nH]cc(-c3ccc(-c4c[nH]c5ccc(OC)cc45)nc3)c2c1. The maximum Gasteiger partial charge on any atom is 0.119 e. The Morgan fingerprint density at radius 2 is 1.32 bits per heavy atom. The maximum atomic E-state index is 5.37. The minimum Gasteiger partial charge on any atom is -0.497 e. The lowest BCUT2D eigenvalue weighted by atomic mass is 10.0. The van der Waals surface area contributed by atoms with Crippen LogP contribution in [-0.2, 0) is 0 Å². The second-order valence-corrected chi connectivity index (χ2v) is 6.66. The number of nitrogens with zero attached hydrogens (tertiary/aromatic N) is 1. The van der Waals surface area contributed by atoms with Gasteiger partial charge in [-0.2, -0.15) is 0 Å². The lowest BCUT2D eigenvalue weighted by Crippen LogP contribution is -1.85. The molecule has 2 N–H and O–H groups in total. The molecule has 0 amide bonds. The van der Waals surface area contributed by atoms with E-state index in [0.29, 0.717) is 0 Å². The monoisotopic (exact) mass is 369 g/mol. The summed E-state index contributed by atoms with van der Waals surface area (Å²) in [4.78, 5) is 11.3. The summed E-state index contributed by atoms with van der Waals surface area (Å²) in [6.07, 6.45) is 5.91. The topological polar surface area (TPSA) is 62.9 Å². The van der Waals surface area contributed by atoms with E-state index < -0.39 is 0 Å². The standard InChI is InChI=1S/C23H19N3O2/c1-27-15-4-7-21-17(9-15)19(12-25-21)14-3-6-23(24-11-14)20-13-26-22-8-5-16(28-2)10-18(20)22/h3-13,25-26H,1-2H3. The van der Waals surface area contributed by atoms with Crippen molar-refractivity contribution in [3.05, 3.63) is 67.1 Å². The van der Waals surface area contributed by atoms with Gasteiger partial charge in [0.1, 0.15) is 11.5 Å². The van der Waals surface area contributed by atoms with Crippen molar-refractivity contribution in [1.82, 2.24) is 15.0 Å². The zero-order valence-corrected chi connectivity index (χ0v) is 15.6. The summed E-state index contributed by atoms with van der Waals surface area (Å²) in [5.41, 5.74) is 6.27. The van der Waals surface area contributed by atoms with Crippen LogP contribution in [0.2, 0.25) is 0 Å². The summed E-state index contributed by atoms with van der Waals surface area (Å²) in [5.74, 6) is 1.67. The number of aromatic nitrogens is 3. The van der Waals surface area contributed by atoms with Gasteiger partial charge in [-0.3, -0.25) is 4.98 Å². The van der Waals surface area contributed by atoms with Crippen LogP contribution in [0.4, 0.5) is 0 Å². The number of hydrogen-bond donors (Lipinski definition) is 2. The molecule has 28 heavy (non-hydrogen) atoms. The Kier molecular flexibility index (Phi) is 3.79. The van der Waals surface area contributed by atoms with Gasteiger partial charge in [-0.15, -0.1) is 0 Å². The Bertz CT molecular complexity index is 1180. The molecule has 0 aliphatic carbocycles. The first-order chi connectivity index (χ1) is 13.8. The van der Waals surface area contributed by atoms with E-state index in [-0.39, 0.29) is 0 Å². The van der Waals surface area contributed by atoms with Crippen LogP contribution in [0.3, 0.4) is 0 Å². The van der Waals surface area contributed by atoms with E-state index in [1.54, 1.807) is 14.2 Å². The molecule has 0 bridgehead atoms. The van der Waals surface area contributed by atoms with Crippen molar-refractivity contribution in [1.29, 1.82) is 0 Å². The van der Waals surface area contributed by atoms with Crippen LogP contribution in [0.1, 0.15) is 0 Å². The average Bonchev–Trinajstić information content (AvgIpc) is 3.37. The molecule has 0 saturated carbocycles. The molecule has 3 aromatic heterocycles. The average molecular weight is 369 g/mol. The molecule has 0 unspecified atom stereocenters. The number of pyridine rings is 1. The third-order valence-electron chi connectivity index (χ3n) is 5.13. The molecule has 5 nitrogen and oxygen atoms in total. The lowest BCUT2D eigenvalue weighted by molar-refractivity contribution is 0.415. The first-order valence-corrected chi connectivity index (χ1v) is 9.04. The molecular weight excluding hydrogens is 350 g/mol. The molecule has 5 rings (SSSR count). The second kappa shape index (κ2) is 6.46. The molecule has 138 valence electrons. The first-order valence-electron chi connectivity index (χ1n) is 9.04. The van der Waals surface area contributed by atoms with Gasteiger partial charge in [0.15, 0.2) is 0 Å². The molecule has 0 saturated heterocycles. The zero-order valence-electron chi connectivity index (χ0n) is 15.6. The number of benzene rings is 2. The molecule has 5 heteroatoms. The number of H-pyrrole nitrogens is 2. The Labute approximate surface area is 162 Å². The van der Waals surface area contributed by atoms with E-state index in [1.165, 1.54) is 0 Å². The first kappa shape index (κ1) is 16.4. The number of rotatable bonds is 4. The van der Waals surface area contributed by atoms with Gasteiger partial charge in [-0.25, -0.2) is 0 Å². The van der Waals surface area contributed by atoms with Crippen LogP contribution in [0.5, 0.6) is 11.5 Å². The van der Waals surface area contributed by atoms with Crippen molar-refractivity contribution < 1.29 is 9.47 Å². The molecule has 3 heterocycles. The van der Waals surface area contributed by atoms with Gasteiger partial charge in [-0.1, -0.05) is 6.07 Å². The number of nitrogens with one attached hydrogen (secondary N) is 2. The van der Waals surface area contributed by atoms with E-state index in [4.69, 9.17) is 14.5 Å². The van der Waals surface area contributed by atoms with Gasteiger partial charge in [0, 0.05) is 57.1 Å². The number of methoxy groups -OCH3 is 2. The Morgan fingerprint density at radius 1 is 0.714 bits per heavy atom. The third kappa shape index (κ3) is 2.60. The van der Waals surface area contributed by atoms with Crippen molar-refractivity contribution >= 4 is 21.8 Å². The molecule has 5 aromatic rings. The van der Waals surface area contributed by atoms with E-state index in [2.05, 4.69) is 22.1 Å². The summed E-state index contributed by atoms with van der Waals surface area (Å²) in [6.45, 7) is 0. The van der Waals surface area contributed by atoms with Gasteiger partial charge in [0.05, 0.1) is 19.9 Å². The lowest BCUT2D eigenvalue weighted by Gasteiger charge is -2.05. The highest BCUT2D eigenvalue weighted by atomic mass is 16.5. The Hall–Kier alpha value is -3.73. The molecule has 2 aromatic carbocycles. The van der Waals surface area contributed by atoms with Crippen molar-refractivity contribution in [3.63, 3.8) is 0 Å². The summed E-state index contributed by atoms with van der Waals surface area (Å²) < 4.78 is 10.7. The zero-order chi connectivity index (χ0) is 19.1. The van der Waals surface area contributed by atoms with E-state index in [0.717, 1.165) is 55.7 Å². The normalized spacial score (nSPS) is 11.2. The van der Waals surface area contributed by atoms with Crippen LogP contribution >= 0.6 is 0 Å². The predicted octanol–water partition coefficient (Wildman–Crippen LogP) is 5.40. The van der Waals surface area contributed by atoms with E-state index in [1.807, 2.05) is 55.0 Å². The molecule has 0 aliphatic rings. The number of hydrogen-bond acceptors (Lipinski definition) is 3. The molecule has 0 radical (unpaired) electrons. The van der Waals surface area contributed by atoms with Crippen molar-refractivity contribution in [2.75, 3.05) is 14.2 Å². The van der Waals surface area contributed by atoms with Crippen molar-refractivity contribution in [2.45, 2.75) is 0 Å². The van der Waals surface area contributed by atoms with Gasteiger partial charge in [0.25, 0.3) is 0 Å². The van der Waals surface area contributed by atoms with Crippen LogP contribution in [0.15, 0.2) is 67.1 Å². The third-order valence-corrected chi connectivity index (χ3v) is 5.13. The van der Waals surface area contributed by atoms with Gasteiger partial charge in [0.2, 0.25) is 0 Å². The van der Waals surface area contributed by atoms with Gasteiger partial charge >= 0.3 is 0 Å². The minimum atomic E-state index is 0.831. The maximum absolute atomic E-state index is 5.37. The Balaban J connectivity index is 1.57.